The quantitative estimate of drug-likeness (QED) is 0.692. The second-order valence-electron chi connectivity index (χ2n) is 10.1. The molecule has 4 rings (SSSR count). The fourth-order valence-corrected chi connectivity index (χ4v) is 5.41. The highest BCUT2D eigenvalue weighted by Gasteiger charge is 2.26. The zero-order chi connectivity index (χ0) is 23.0. The van der Waals surface area contributed by atoms with Gasteiger partial charge in [-0.1, -0.05) is 49.1 Å². The highest BCUT2D eigenvalue weighted by Crippen LogP contribution is 2.18. The third-order valence-electron chi connectivity index (χ3n) is 7.44. The molecule has 0 atom stereocenters. The minimum Gasteiger partial charge on any atom is -0.339 e. The minimum absolute atomic E-state index is 0.0139. The lowest BCUT2D eigenvalue weighted by Gasteiger charge is -2.37. The number of hydrogen-bond donors (Lipinski definition) is 2. The molecule has 1 aromatic rings. The van der Waals surface area contributed by atoms with Gasteiger partial charge < -0.3 is 15.5 Å². The van der Waals surface area contributed by atoms with Gasteiger partial charge in [-0.25, -0.2) is 4.79 Å². The number of hydrogen-bond acceptors (Lipinski definition) is 4. The molecule has 33 heavy (non-hydrogen) atoms. The normalized spacial score (nSPS) is 21.7. The van der Waals surface area contributed by atoms with Crippen molar-refractivity contribution in [1.82, 2.24) is 25.3 Å². The third-order valence-corrected chi connectivity index (χ3v) is 7.44. The monoisotopic (exact) mass is 455 g/mol. The third kappa shape index (κ3) is 7.44. The van der Waals surface area contributed by atoms with Gasteiger partial charge in [0, 0.05) is 57.9 Å². The summed E-state index contributed by atoms with van der Waals surface area (Å²) in [6.07, 6.45) is 7.77. The molecule has 7 nitrogen and oxygen atoms in total. The van der Waals surface area contributed by atoms with E-state index < -0.39 is 0 Å². The summed E-state index contributed by atoms with van der Waals surface area (Å²) in [4.78, 5) is 31.9. The van der Waals surface area contributed by atoms with E-state index in [4.69, 9.17) is 0 Å². The van der Waals surface area contributed by atoms with Gasteiger partial charge in [0.05, 0.1) is 6.54 Å². The van der Waals surface area contributed by atoms with E-state index in [-0.39, 0.29) is 18.0 Å². The molecular weight excluding hydrogens is 414 g/mol. The SMILES string of the molecule is Cc1cccc(CN2CCN(C(=O)CN3CCC(NC(=O)NC4CCCCC4)CC3)CC2)c1. The number of piperazine rings is 1. The van der Waals surface area contributed by atoms with Crippen LogP contribution < -0.4 is 10.6 Å². The van der Waals surface area contributed by atoms with Gasteiger partial charge in [0.15, 0.2) is 0 Å². The molecule has 3 amide bonds. The molecule has 0 aromatic heterocycles. The Labute approximate surface area is 198 Å². The van der Waals surface area contributed by atoms with Gasteiger partial charge in [-0.3, -0.25) is 14.6 Å². The van der Waals surface area contributed by atoms with E-state index in [2.05, 4.69) is 51.6 Å². The molecule has 0 radical (unpaired) electrons. The van der Waals surface area contributed by atoms with Crippen LogP contribution in [0.25, 0.3) is 0 Å². The lowest BCUT2D eigenvalue weighted by atomic mass is 9.96. The molecule has 0 bridgehead atoms. The van der Waals surface area contributed by atoms with Crippen molar-refractivity contribution in [2.45, 2.75) is 70.5 Å². The molecule has 2 N–H and O–H groups in total. The van der Waals surface area contributed by atoms with E-state index in [0.29, 0.717) is 12.6 Å². The van der Waals surface area contributed by atoms with Crippen molar-refractivity contribution in [3.8, 4) is 0 Å². The van der Waals surface area contributed by atoms with Gasteiger partial charge in [0.25, 0.3) is 0 Å². The number of benzene rings is 1. The van der Waals surface area contributed by atoms with Gasteiger partial charge in [-0.15, -0.1) is 0 Å². The molecule has 2 heterocycles. The van der Waals surface area contributed by atoms with Crippen LogP contribution in [0.15, 0.2) is 24.3 Å². The van der Waals surface area contributed by atoms with Crippen molar-refractivity contribution < 1.29 is 9.59 Å². The highest BCUT2D eigenvalue weighted by atomic mass is 16.2. The van der Waals surface area contributed by atoms with Crippen molar-refractivity contribution in [3.05, 3.63) is 35.4 Å². The molecule has 0 spiro atoms. The summed E-state index contributed by atoms with van der Waals surface area (Å²) in [6.45, 7) is 8.81. The summed E-state index contributed by atoms with van der Waals surface area (Å²) in [5.41, 5.74) is 2.64. The van der Waals surface area contributed by atoms with Crippen LogP contribution >= 0.6 is 0 Å². The van der Waals surface area contributed by atoms with E-state index in [0.717, 1.165) is 71.5 Å². The van der Waals surface area contributed by atoms with Crippen LogP contribution in [0.2, 0.25) is 0 Å². The lowest BCUT2D eigenvalue weighted by Crippen LogP contribution is -2.53. The molecule has 1 aromatic carbocycles. The van der Waals surface area contributed by atoms with Crippen LogP contribution in [0.4, 0.5) is 4.79 Å². The molecule has 1 saturated carbocycles. The van der Waals surface area contributed by atoms with Gasteiger partial charge in [0.2, 0.25) is 5.91 Å². The van der Waals surface area contributed by atoms with Gasteiger partial charge in [0.1, 0.15) is 0 Å². The Bertz CT molecular complexity index is 779. The highest BCUT2D eigenvalue weighted by molar-refractivity contribution is 5.78. The fourth-order valence-electron chi connectivity index (χ4n) is 5.41. The van der Waals surface area contributed by atoms with Crippen molar-refractivity contribution in [2.24, 2.45) is 0 Å². The Morgan fingerprint density at radius 1 is 0.848 bits per heavy atom. The first-order valence-corrected chi connectivity index (χ1v) is 12.9. The van der Waals surface area contributed by atoms with Crippen LogP contribution in [-0.4, -0.2) is 84.5 Å². The molecule has 2 saturated heterocycles. The number of nitrogens with zero attached hydrogens (tertiary/aromatic N) is 3. The topological polar surface area (TPSA) is 67.9 Å². The Hall–Kier alpha value is -2.12. The predicted molar refractivity (Wildman–Crippen MR) is 131 cm³/mol. The average molecular weight is 456 g/mol. The fraction of sp³-hybridized carbons (Fsp3) is 0.692. The zero-order valence-electron chi connectivity index (χ0n) is 20.2. The lowest BCUT2D eigenvalue weighted by molar-refractivity contribution is -0.134. The summed E-state index contributed by atoms with van der Waals surface area (Å²) in [5, 5.41) is 6.30. The number of amides is 3. The van der Waals surface area contributed by atoms with Gasteiger partial charge in [-0.2, -0.15) is 0 Å². The minimum atomic E-state index is -0.0139. The van der Waals surface area contributed by atoms with E-state index in [9.17, 15) is 9.59 Å². The average Bonchev–Trinajstić information content (AvgIpc) is 2.81. The number of likely N-dealkylation sites (tertiary alicyclic amines) is 1. The van der Waals surface area contributed by atoms with Crippen molar-refractivity contribution in [3.63, 3.8) is 0 Å². The number of rotatable bonds is 6. The van der Waals surface area contributed by atoms with E-state index in [1.54, 1.807) is 0 Å². The first-order chi connectivity index (χ1) is 16.0. The summed E-state index contributed by atoms with van der Waals surface area (Å²) < 4.78 is 0. The van der Waals surface area contributed by atoms with Gasteiger partial charge in [-0.05, 0) is 38.2 Å². The largest absolute Gasteiger partial charge is 0.339 e. The van der Waals surface area contributed by atoms with E-state index in [1.807, 2.05) is 4.90 Å². The maximum absolute atomic E-state index is 12.8. The van der Waals surface area contributed by atoms with Crippen LogP contribution in [-0.2, 0) is 11.3 Å². The van der Waals surface area contributed by atoms with Crippen LogP contribution in [0.1, 0.15) is 56.1 Å². The number of carbonyl (C=O) groups excluding carboxylic acids is 2. The standard InChI is InChI=1S/C26H41N5O2/c1-21-6-5-7-22(18-21)19-30-14-16-31(17-15-30)25(32)20-29-12-10-24(11-13-29)28-26(33)27-23-8-3-2-4-9-23/h5-7,18,23-24H,2-4,8-17,19-20H2,1H3,(H2,27,28,33). The van der Waals surface area contributed by atoms with Crippen molar-refractivity contribution >= 4 is 11.9 Å². The number of carbonyl (C=O) groups is 2. The molecular formula is C26H41N5O2. The molecule has 3 aliphatic rings. The number of aryl methyl sites for hydroxylation is 1. The number of urea groups is 1. The maximum Gasteiger partial charge on any atom is 0.315 e. The summed E-state index contributed by atoms with van der Waals surface area (Å²) in [7, 11) is 0. The molecule has 182 valence electrons. The second kappa shape index (κ2) is 11.8. The Balaban J connectivity index is 1.11. The summed E-state index contributed by atoms with van der Waals surface area (Å²) in [6, 6.07) is 9.22. The van der Waals surface area contributed by atoms with Crippen LogP contribution in [0, 0.1) is 6.92 Å². The van der Waals surface area contributed by atoms with Gasteiger partial charge >= 0.3 is 6.03 Å². The molecule has 3 fully saturated rings. The van der Waals surface area contributed by atoms with E-state index >= 15 is 0 Å². The zero-order valence-corrected chi connectivity index (χ0v) is 20.2. The number of piperidine rings is 1. The second-order valence-corrected chi connectivity index (χ2v) is 10.1. The molecule has 7 heteroatoms. The Kier molecular flexibility index (Phi) is 8.62. The van der Waals surface area contributed by atoms with E-state index in [1.165, 1.54) is 30.4 Å². The van der Waals surface area contributed by atoms with Crippen molar-refractivity contribution in [2.75, 3.05) is 45.8 Å². The summed E-state index contributed by atoms with van der Waals surface area (Å²) >= 11 is 0. The number of nitrogens with one attached hydrogen (secondary N) is 2. The first kappa shape index (κ1) is 24.0. The molecule has 2 aliphatic heterocycles. The smallest absolute Gasteiger partial charge is 0.315 e. The molecule has 0 unspecified atom stereocenters. The Morgan fingerprint density at radius 3 is 2.18 bits per heavy atom. The maximum atomic E-state index is 12.8. The summed E-state index contributed by atoms with van der Waals surface area (Å²) in [5.74, 6) is 0.242. The predicted octanol–water partition coefficient (Wildman–Crippen LogP) is 2.74. The van der Waals surface area contributed by atoms with Crippen LogP contribution in [0.5, 0.6) is 0 Å². The first-order valence-electron chi connectivity index (χ1n) is 12.9. The van der Waals surface area contributed by atoms with Crippen molar-refractivity contribution in [1.29, 1.82) is 0 Å². The van der Waals surface area contributed by atoms with Crippen LogP contribution in [0.3, 0.4) is 0 Å². The Morgan fingerprint density at radius 2 is 1.52 bits per heavy atom. The molecule has 1 aliphatic carbocycles.